The number of hydrogen-bond donors (Lipinski definition) is 2. The van der Waals surface area contributed by atoms with Crippen molar-refractivity contribution in [1.82, 2.24) is 10.2 Å². The molecule has 0 saturated carbocycles. The number of nitriles is 1. The number of H-pyrrole nitrogens is 1. The molecule has 0 amide bonds. The van der Waals surface area contributed by atoms with Gasteiger partial charge in [-0.2, -0.15) is 5.26 Å². The Balaban J connectivity index is 1.95. The quantitative estimate of drug-likeness (QED) is 0.560. The van der Waals surface area contributed by atoms with Crippen LogP contribution in [0, 0.1) is 11.3 Å². The number of para-hydroxylation sites is 1. The average molecular weight is 448 g/mol. The second kappa shape index (κ2) is 9.04. The van der Waals surface area contributed by atoms with Crippen molar-refractivity contribution in [2.75, 3.05) is 27.9 Å². The smallest absolute Gasteiger partial charge is 0.244 e. The van der Waals surface area contributed by atoms with Crippen molar-refractivity contribution in [3.05, 3.63) is 59.0 Å². The number of aromatic nitrogens is 2. The molecule has 3 N–H and O–H groups in total. The van der Waals surface area contributed by atoms with Gasteiger partial charge in [0.2, 0.25) is 11.8 Å². The summed E-state index contributed by atoms with van der Waals surface area (Å²) in [5.74, 6) is 1.89. The van der Waals surface area contributed by atoms with E-state index < -0.39 is 5.92 Å². The number of methoxy groups -OCH3 is 3. The van der Waals surface area contributed by atoms with E-state index in [4.69, 9.17) is 29.4 Å². The van der Waals surface area contributed by atoms with Gasteiger partial charge < -0.3 is 29.4 Å². The summed E-state index contributed by atoms with van der Waals surface area (Å²) in [4.78, 5) is 0. The fourth-order valence-corrected chi connectivity index (χ4v) is 4.01. The standard InChI is InChI=1S/C24H24N4O5/c1-5-32-16-10-9-13(11-18(16)30-3)21-20-19(14-7-6-8-17(29-2)22(14)31-4)15(12-25)23(26)33-24(20)28-27-21/h6-11,19H,5,26H2,1-4H3,(H,27,28)/t19-/m1/s1. The zero-order valence-electron chi connectivity index (χ0n) is 18.8. The molecule has 0 unspecified atom stereocenters. The predicted molar refractivity (Wildman–Crippen MR) is 121 cm³/mol. The molecule has 0 fully saturated rings. The van der Waals surface area contributed by atoms with E-state index in [0.717, 1.165) is 5.56 Å². The van der Waals surface area contributed by atoms with Crippen molar-refractivity contribution in [3.8, 4) is 46.2 Å². The zero-order valence-corrected chi connectivity index (χ0v) is 18.8. The molecule has 4 rings (SSSR count). The summed E-state index contributed by atoms with van der Waals surface area (Å²) in [6, 6.07) is 13.2. The minimum Gasteiger partial charge on any atom is -0.493 e. The monoisotopic (exact) mass is 448 g/mol. The number of nitrogens with two attached hydrogens (primary N) is 1. The summed E-state index contributed by atoms with van der Waals surface area (Å²) in [6.45, 7) is 2.42. The van der Waals surface area contributed by atoms with Crippen molar-refractivity contribution in [2.45, 2.75) is 12.8 Å². The second-order valence-electron chi connectivity index (χ2n) is 7.12. The summed E-state index contributed by atoms with van der Waals surface area (Å²) >= 11 is 0. The maximum Gasteiger partial charge on any atom is 0.244 e. The molecular formula is C24H24N4O5. The molecule has 170 valence electrons. The van der Waals surface area contributed by atoms with Gasteiger partial charge in [0.25, 0.3) is 0 Å². The maximum absolute atomic E-state index is 9.98. The summed E-state index contributed by atoms with van der Waals surface area (Å²) < 4.78 is 28.0. The fourth-order valence-electron chi connectivity index (χ4n) is 4.01. The minimum atomic E-state index is -0.602. The van der Waals surface area contributed by atoms with Crippen LogP contribution in [-0.4, -0.2) is 38.1 Å². The molecule has 1 aliphatic rings. The number of nitrogens with one attached hydrogen (secondary N) is 1. The molecule has 33 heavy (non-hydrogen) atoms. The van der Waals surface area contributed by atoms with Crippen LogP contribution in [0.3, 0.4) is 0 Å². The van der Waals surface area contributed by atoms with Gasteiger partial charge >= 0.3 is 0 Å². The van der Waals surface area contributed by atoms with Crippen LogP contribution in [-0.2, 0) is 0 Å². The first-order valence-electron chi connectivity index (χ1n) is 10.3. The van der Waals surface area contributed by atoms with E-state index >= 15 is 0 Å². The normalized spacial score (nSPS) is 14.7. The predicted octanol–water partition coefficient (Wildman–Crippen LogP) is 3.72. The summed E-state index contributed by atoms with van der Waals surface area (Å²) in [5.41, 5.74) is 9.13. The second-order valence-corrected chi connectivity index (χ2v) is 7.12. The van der Waals surface area contributed by atoms with Crippen LogP contribution in [0.1, 0.15) is 24.0 Å². The third kappa shape index (κ3) is 3.65. The summed E-state index contributed by atoms with van der Waals surface area (Å²) in [5, 5.41) is 17.3. The maximum atomic E-state index is 9.98. The van der Waals surface area contributed by atoms with Crippen molar-refractivity contribution >= 4 is 0 Å². The Morgan fingerprint density at radius 3 is 2.55 bits per heavy atom. The van der Waals surface area contributed by atoms with Crippen molar-refractivity contribution in [3.63, 3.8) is 0 Å². The van der Waals surface area contributed by atoms with E-state index in [0.29, 0.717) is 46.4 Å². The summed E-state index contributed by atoms with van der Waals surface area (Å²) in [6.07, 6.45) is 0. The van der Waals surface area contributed by atoms with E-state index in [2.05, 4.69) is 16.3 Å². The number of nitrogens with zero attached hydrogens (tertiary/aromatic N) is 2. The Labute approximate surface area is 191 Å². The van der Waals surface area contributed by atoms with E-state index in [-0.39, 0.29) is 17.3 Å². The number of hydrogen-bond acceptors (Lipinski definition) is 8. The first-order chi connectivity index (χ1) is 16.1. The lowest BCUT2D eigenvalue weighted by molar-refractivity contribution is 0.311. The molecule has 0 aliphatic carbocycles. The molecule has 2 heterocycles. The third-order valence-electron chi connectivity index (χ3n) is 5.44. The molecule has 9 nitrogen and oxygen atoms in total. The van der Waals surface area contributed by atoms with Crippen LogP contribution in [0.25, 0.3) is 11.3 Å². The molecule has 3 aromatic rings. The zero-order chi connectivity index (χ0) is 23.5. The van der Waals surface area contributed by atoms with Crippen LogP contribution < -0.4 is 29.4 Å². The van der Waals surface area contributed by atoms with Crippen LogP contribution in [0.5, 0.6) is 28.9 Å². The highest BCUT2D eigenvalue weighted by molar-refractivity contribution is 5.74. The Bertz CT molecular complexity index is 1260. The van der Waals surface area contributed by atoms with Crippen LogP contribution >= 0.6 is 0 Å². The average Bonchev–Trinajstić information content (AvgIpc) is 3.26. The molecular weight excluding hydrogens is 424 g/mol. The number of ether oxygens (including phenoxy) is 5. The molecule has 1 aromatic heterocycles. The van der Waals surface area contributed by atoms with Gasteiger partial charge in [0.15, 0.2) is 23.0 Å². The topological polar surface area (TPSA) is 125 Å². The fraction of sp³-hybridized carbons (Fsp3) is 0.250. The van der Waals surface area contributed by atoms with E-state index in [1.807, 2.05) is 37.3 Å². The molecule has 1 atom stereocenters. The SMILES string of the molecule is CCOc1ccc(-c2[nH]nc3c2[C@H](c2cccc(OC)c2OC)C(C#N)=C(N)O3)cc1OC. The Morgan fingerprint density at radius 2 is 1.88 bits per heavy atom. The van der Waals surface area contributed by atoms with Gasteiger partial charge in [-0.1, -0.05) is 12.1 Å². The van der Waals surface area contributed by atoms with Crippen LogP contribution in [0.15, 0.2) is 47.9 Å². The van der Waals surface area contributed by atoms with E-state index in [1.165, 1.54) is 0 Å². The van der Waals surface area contributed by atoms with Gasteiger partial charge in [0, 0.05) is 11.1 Å². The Morgan fingerprint density at radius 1 is 1.09 bits per heavy atom. The van der Waals surface area contributed by atoms with Crippen molar-refractivity contribution < 1.29 is 23.7 Å². The van der Waals surface area contributed by atoms with Crippen LogP contribution in [0.2, 0.25) is 0 Å². The highest BCUT2D eigenvalue weighted by Crippen LogP contribution is 2.50. The number of rotatable bonds is 7. The van der Waals surface area contributed by atoms with Crippen LogP contribution in [0.4, 0.5) is 0 Å². The number of aromatic amines is 1. The van der Waals surface area contributed by atoms with Gasteiger partial charge in [0.05, 0.1) is 45.1 Å². The first-order valence-corrected chi connectivity index (χ1v) is 10.3. The van der Waals surface area contributed by atoms with Gasteiger partial charge in [-0.3, -0.25) is 5.10 Å². The molecule has 1 aliphatic heterocycles. The van der Waals surface area contributed by atoms with E-state index in [9.17, 15) is 5.26 Å². The first kappa shape index (κ1) is 21.9. The Hall–Kier alpha value is -4.32. The molecule has 9 heteroatoms. The van der Waals surface area contributed by atoms with Gasteiger partial charge in [-0.05, 0) is 31.2 Å². The van der Waals surface area contributed by atoms with Crippen molar-refractivity contribution in [1.29, 1.82) is 5.26 Å². The minimum absolute atomic E-state index is 0.0119. The van der Waals surface area contributed by atoms with E-state index in [1.54, 1.807) is 27.4 Å². The lowest BCUT2D eigenvalue weighted by Gasteiger charge is -2.26. The van der Waals surface area contributed by atoms with Crippen molar-refractivity contribution in [2.24, 2.45) is 5.73 Å². The molecule has 0 spiro atoms. The molecule has 0 radical (unpaired) electrons. The molecule has 0 bridgehead atoms. The summed E-state index contributed by atoms with van der Waals surface area (Å²) in [7, 11) is 4.69. The lowest BCUT2D eigenvalue weighted by atomic mass is 9.82. The number of benzene rings is 2. The number of allylic oxidation sites excluding steroid dienone is 1. The third-order valence-corrected chi connectivity index (χ3v) is 5.44. The largest absolute Gasteiger partial charge is 0.493 e. The van der Waals surface area contributed by atoms with Gasteiger partial charge in [-0.25, -0.2) is 0 Å². The Kier molecular flexibility index (Phi) is 6.00. The van der Waals surface area contributed by atoms with Gasteiger partial charge in [-0.15, -0.1) is 5.10 Å². The molecule has 2 aromatic carbocycles. The number of fused-ring (bicyclic) bond motifs is 1. The highest BCUT2D eigenvalue weighted by Gasteiger charge is 2.37. The van der Waals surface area contributed by atoms with Gasteiger partial charge in [0.1, 0.15) is 11.6 Å². The molecule has 0 saturated heterocycles. The lowest BCUT2D eigenvalue weighted by Crippen LogP contribution is -2.21. The highest BCUT2D eigenvalue weighted by atomic mass is 16.5.